The van der Waals surface area contributed by atoms with Gasteiger partial charge in [-0.1, -0.05) is 83.4 Å². The molecule has 4 heteroatoms. The van der Waals surface area contributed by atoms with E-state index in [4.69, 9.17) is 0 Å². The molecule has 0 aliphatic heterocycles. The molecule has 2 aromatic rings. The number of unbranched alkanes of at least 4 members (excludes halogenated alkanes) is 10. The summed E-state index contributed by atoms with van der Waals surface area (Å²) in [6, 6.07) is 9.76. The number of aryl methyl sites for hydroxylation is 2. The van der Waals surface area contributed by atoms with E-state index >= 15 is 0 Å². The number of nitrogens with zero attached hydrogens (tertiary/aromatic N) is 2. The van der Waals surface area contributed by atoms with E-state index in [1.807, 2.05) is 30.3 Å². The Bertz CT molecular complexity index is 675. The molecule has 1 amide bonds. The number of nitrogens with one attached hydrogen (secondary N) is 1. The van der Waals surface area contributed by atoms with Gasteiger partial charge >= 0.3 is 11.7 Å². The van der Waals surface area contributed by atoms with Gasteiger partial charge in [0.15, 0.2) is 0 Å². The molecule has 2 rings (SSSR count). The third-order valence-electron chi connectivity index (χ3n) is 5.71. The minimum atomic E-state index is -0.0110. The molecule has 0 unspecified atom stereocenters. The number of amides is 1. The molecule has 30 heavy (non-hydrogen) atoms. The zero-order chi connectivity index (χ0) is 21.4. The molecule has 0 aliphatic carbocycles. The molecule has 0 fully saturated rings. The molecule has 166 valence electrons. The first-order valence-corrected chi connectivity index (χ1v) is 12.2. The van der Waals surface area contributed by atoms with Gasteiger partial charge in [-0.25, -0.2) is 9.13 Å². The normalized spacial score (nSPS) is 11.0. The third-order valence-corrected chi connectivity index (χ3v) is 5.71. The summed E-state index contributed by atoms with van der Waals surface area (Å²) in [5.41, 5.74) is 0.848. The second-order valence-corrected chi connectivity index (χ2v) is 8.36. The van der Waals surface area contributed by atoms with Gasteiger partial charge in [-0.2, -0.15) is 0 Å². The molecule has 0 aliphatic rings. The summed E-state index contributed by atoms with van der Waals surface area (Å²) in [5, 5.41) is 3.08. The highest BCUT2D eigenvalue weighted by Gasteiger charge is 2.25. The van der Waals surface area contributed by atoms with Crippen molar-refractivity contribution in [3.63, 3.8) is 0 Å². The third kappa shape index (κ3) is 8.73. The Morgan fingerprint density at radius 2 is 1.43 bits per heavy atom. The van der Waals surface area contributed by atoms with Gasteiger partial charge in [0.05, 0.1) is 13.1 Å². The fourth-order valence-electron chi connectivity index (χ4n) is 3.92. The highest BCUT2D eigenvalue weighted by molar-refractivity contribution is 6.00. The monoisotopic (exact) mass is 412 g/mol. The molecule has 0 bridgehead atoms. The lowest BCUT2D eigenvalue weighted by molar-refractivity contribution is -0.698. The Labute approximate surface area is 183 Å². The summed E-state index contributed by atoms with van der Waals surface area (Å²) in [6.07, 6.45) is 19.3. The van der Waals surface area contributed by atoms with Crippen LogP contribution in [0, 0.1) is 0 Å². The van der Waals surface area contributed by atoms with Crippen molar-refractivity contribution in [3.05, 3.63) is 48.5 Å². The fraction of sp³-hybridized carbons (Fsp3) is 0.615. The summed E-state index contributed by atoms with van der Waals surface area (Å²) >= 11 is 0. The maximum absolute atomic E-state index is 13.1. The Morgan fingerprint density at radius 3 is 2.10 bits per heavy atom. The van der Waals surface area contributed by atoms with Crippen LogP contribution < -0.4 is 9.88 Å². The second kappa shape index (κ2) is 14.8. The second-order valence-electron chi connectivity index (χ2n) is 8.36. The molecule has 1 aromatic heterocycles. The standard InChI is InChI=1S/C26H41N3O/c1-3-5-7-9-11-16-20-28-22-23-29(21-17-12-10-8-6-4-2)26(28)25(30)27-24-18-14-13-15-19-24/h13-15,18-19,22-23H,3-12,16-17,20-21H2,1-2H3/p+1. The van der Waals surface area contributed by atoms with E-state index in [-0.39, 0.29) is 5.91 Å². The van der Waals surface area contributed by atoms with Crippen LogP contribution in [0.1, 0.15) is 102 Å². The van der Waals surface area contributed by atoms with E-state index in [0.717, 1.165) is 37.4 Å². The van der Waals surface area contributed by atoms with Crippen molar-refractivity contribution in [2.75, 3.05) is 5.32 Å². The summed E-state index contributed by atoms with van der Waals surface area (Å²) in [6.45, 7) is 6.32. The summed E-state index contributed by atoms with van der Waals surface area (Å²) in [7, 11) is 0. The van der Waals surface area contributed by atoms with Crippen LogP contribution in [0.25, 0.3) is 0 Å². The maximum Gasteiger partial charge on any atom is 0.348 e. The number of hydrogen-bond acceptors (Lipinski definition) is 1. The number of imidazole rings is 1. The summed E-state index contributed by atoms with van der Waals surface area (Å²) in [4.78, 5) is 13.1. The summed E-state index contributed by atoms with van der Waals surface area (Å²) < 4.78 is 4.30. The number of hydrogen-bond donors (Lipinski definition) is 1. The van der Waals surface area contributed by atoms with Gasteiger partial charge in [0, 0.05) is 5.69 Å². The van der Waals surface area contributed by atoms with E-state index in [1.165, 1.54) is 64.2 Å². The number of rotatable bonds is 16. The molecule has 0 saturated heterocycles. The van der Waals surface area contributed by atoms with Crippen LogP contribution in [0.15, 0.2) is 42.7 Å². The van der Waals surface area contributed by atoms with Gasteiger partial charge in [-0.05, 0) is 37.8 Å². The van der Waals surface area contributed by atoms with Crippen LogP contribution >= 0.6 is 0 Å². The Kier molecular flexibility index (Phi) is 11.9. The number of carbonyl (C=O) groups excluding carboxylic acids is 1. The van der Waals surface area contributed by atoms with Gasteiger partial charge in [-0.15, -0.1) is 0 Å². The van der Waals surface area contributed by atoms with Crippen LogP contribution in [0.4, 0.5) is 5.69 Å². The van der Waals surface area contributed by atoms with E-state index in [1.54, 1.807) is 0 Å². The predicted molar refractivity (Wildman–Crippen MR) is 126 cm³/mol. The number of para-hydroxylation sites is 1. The molecular formula is C26H42N3O+. The van der Waals surface area contributed by atoms with Gasteiger partial charge in [-0.3, -0.25) is 4.79 Å². The Balaban J connectivity index is 1.97. The molecule has 1 aromatic carbocycles. The van der Waals surface area contributed by atoms with Crippen LogP contribution in [0.3, 0.4) is 0 Å². The molecule has 0 radical (unpaired) electrons. The van der Waals surface area contributed by atoms with Gasteiger partial charge in [0.25, 0.3) is 0 Å². The minimum absolute atomic E-state index is 0.0110. The van der Waals surface area contributed by atoms with Crippen molar-refractivity contribution in [2.45, 2.75) is 104 Å². The molecular weight excluding hydrogens is 370 g/mol. The predicted octanol–water partition coefficient (Wildman–Crippen LogP) is 6.75. The first-order chi connectivity index (χ1) is 14.8. The van der Waals surface area contributed by atoms with Crippen LogP contribution in [0.5, 0.6) is 0 Å². The zero-order valence-electron chi connectivity index (χ0n) is 19.2. The molecule has 1 heterocycles. The number of anilines is 1. The van der Waals surface area contributed by atoms with E-state index < -0.39 is 0 Å². The van der Waals surface area contributed by atoms with Crippen molar-refractivity contribution >= 4 is 11.6 Å². The van der Waals surface area contributed by atoms with E-state index in [0.29, 0.717) is 0 Å². The lowest BCUT2D eigenvalue weighted by Crippen LogP contribution is -2.41. The highest BCUT2D eigenvalue weighted by atomic mass is 16.2. The van der Waals surface area contributed by atoms with Gasteiger partial charge < -0.3 is 5.32 Å². The molecule has 0 atom stereocenters. The molecule has 4 nitrogen and oxygen atoms in total. The highest BCUT2D eigenvalue weighted by Crippen LogP contribution is 2.11. The SMILES string of the molecule is CCCCCCCCn1cc[n+](CCCCCCCC)c1C(=O)Nc1ccccc1. The van der Waals surface area contributed by atoms with Gasteiger partial charge in [0.1, 0.15) is 12.4 Å². The zero-order valence-corrected chi connectivity index (χ0v) is 19.2. The quantitative estimate of drug-likeness (QED) is 0.240. The first-order valence-electron chi connectivity index (χ1n) is 12.2. The topological polar surface area (TPSA) is 37.9 Å². The van der Waals surface area contributed by atoms with Crippen molar-refractivity contribution < 1.29 is 9.36 Å². The van der Waals surface area contributed by atoms with Crippen LogP contribution in [-0.2, 0) is 13.1 Å². The smallest absolute Gasteiger partial charge is 0.315 e. The molecule has 0 saturated carbocycles. The first kappa shape index (κ1) is 24.2. The van der Waals surface area contributed by atoms with Crippen LogP contribution in [0.2, 0.25) is 0 Å². The Morgan fingerprint density at radius 1 is 0.833 bits per heavy atom. The average molecular weight is 413 g/mol. The lowest BCUT2D eigenvalue weighted by Gasteiger charge is -2.07. The number of aromatic nitrogens is 2. The number of carbonyl (C=O) groups is 1. The fourth-order valence-corrected chi connectivity index (χ4v) is 3.92. The van der Waals surface area contributed by atoms with Crippen molar-refractivity contribution in [3.8, 4) is 0 Å². The lowest BCUT2D eigenvalue weighted by atomic mass is 10.1. The van der Waals surface area contributed by atoms with Gasteiger partial charge in [0.2, 0.25) is 0 Å². The maximum atomic E-state index is 13.1. The molecule has 1 N–H and O–H groups in total. The Hall–Kier alpha value is -2.10. The van der Waals surface area contributed by atoms with E-state index in [9.17, 15) is 4.79 Å². The number of benzene rings is 1. The van der Waals surface area contributed by atoms with Crippen molar-refractivity contribution in [1.29, 1.82) is 0 Å². The molecule has 0 spiro atoms. The van der Waals surface area contributed by atoms with Crippen LogP contribution in [-0.4, -0.2) is 10.5 Å². The average Bonchev–Trinajstić information content (AvgIpc) is 3.16. The minimum Gasteiger partial charge on any atom is -0.315 e. The van der Waals surface area contributed by atoms with Crippen molar-refractivity contribution in [1.82, 2.24) is 4.57 Å². The van der Waals surface area contributed by atoms with E-state index in [2.05, 4.69) is 40.7 Å². The van der Waals surface area contributed by atoms with Crippen molar-refractivity contribution in [2.24, 2.45) is 0 Å². The summed E-state index contributed by atoms with van der Waals surface area (Å²) in [5.74, 6) is 0.768. The largest absolute Gasteiger partial charge is 0.348 e.